The highest BCUT2D eigenvalue weighted by atomic mass is 35.5. The van der Waals surface area contributed by atoms with Gasteiger partial charge in [0, 0.05) is 11.4 Å². The lowest BCUT2D eigenvalue weighted by Crippen LogP contribution is -2.38. The molecule has 0 radical (unpaired) electrons. The Hall–Kier alpha value is -0.600. The highest BCUT2D eigenvalue weighted by Gasteiger charge is 2.37. The number of rotatable bonds is 2. The van der Waals surface area contributed by atoms with E-state index in [1.807, 2.05) is 0 Å². The zero-order valence-electron chi connectivity index (χ0n) is 11.0. The van der Waals surface area contributed by atoms with Gasteiger partial charge in [0.2, 0.25) is 0 Å². The van der Waals surface area contributed by atoms with Crippen molar-refractivity contribution in [2.75, 3.05) is 0 Å². The van der Waals surface area contributed by atoms with Gasteiger partial charge in [0.05, 0.1) is 5.60 Å². The minimum atomic E-state index is -0.760. The summed E-state index contributed by atoms with van der Waals surface area (Å²) in [5.41, 5.74) is 0.0937. The first kappa shape index (κ1) is 13.8. The van der Waals surface area contributed by atoms with Crippen molar-refractivity contribution in [2.24, 2.45) is 5.41 Å². The van der Waals surface area contributed by atoms with E-state index in [0.29, 0.717) is 22.4 Å². The third kappa shape index (κ3) is 3.24. The molecule has 0 aromatic heterocycles. The molecule has 1 N–H and O–H groups in total. The molecule has 3 heteroatoms. The summed E-state index contributed by atoms with van der Waals surface area (Å²) >= 11 is 5.73. The molecule has 0 spiro atoms. The van der Waals surface area contributed by atoms with Crippen molar-refractivity contribution in [1.82, 2.24) is 0 Å². The van der Waals surface area contributed by atoms with Crippen LogP contribution in [0.3, 0.4) is 0 Å². The van der Waals surface area contributed by atoms with Gasteiger partial charge in [-0.25, -0.2) is 4.39 Å². The van der Waals surface area contributed by atoms with Gasteiger partial charge >= 0.3 is 0 Å². The van der Waals surface area contributed by atoms with Gasteiger partial charge in [-0.05, 0) is 48.8 Å². The summed E-state index contributed by atoms with van der Waals surface area (Å²) in [6.45, 7) is 4.44. The van der Waals surface area contributed by atoms with E-state index in [2.05, 4.69) is 13.8 Å². The van der Waals surface area contributed by atoms with Crippen LogP contribution in [0.15, 0.2) is 18.2 Å². The number of aliphatic hydroxyl groups is 1. The Morgan fingerprint density at radius 2 is 1.83 bits per heavy atom. The van der Waals surface area contributed by atoms with Gasteiger partial charge in [-0.15, -0.1) is 0 Å². The molecule has 1 fully saturated rings. The van der Waals surface area contributed by atoms with Crippen LogP contribution in [0.25, 0.3) is 0 Å². The Morgan fingerprint density at radius 1 is 1.22 bits per heavy atom. The van der Waals surface area contributed by atoms with E-state index in [-0.39, 0.29) is 5.82 Å². The molecule has 0 unspecified atom stereocenters. The van der Waals surface area contributed by atoms with Gasteiger partial charge in [0.1, 0.15) is 5.82 Å². The van der Waals surface area contributed by atoms with Gasteiger partial charge < -0.3 is 5.11 Å². The first-order valence-corrected chi connectivity index (χ1v) is 6.84. The lowest BCUT2D eigenvalue weighted by Gasteiger charge is -2.40. The molecule has 0 heterocycles. The highest BCUT2D eigenvalue weighted by molar-refractivity contribution is 6.30. The molecule has 0 amide bonds. The highest BCUT2D eigenvalue weighted by Crippen LogP contribution is 2.41. The van der Waals surface area contributed by atoms with E-state index in [1.54, 1.807) is 12.1 Å². The Balaban J connectivity index is 2.09. The average molecular weight is 271 g/mol. The summed E-state index contributed by atoms with van der Waals surface area (Å²) in [4.78, 5) is 0. The molecule has 18 heavy (non-hydrogen) atoms. The molecule has 0 saturated heterocycles. The summed E-state index contributed by atoms with van der Waals surface area (Å²) < 4.78 is 13.7. The maximum absolute atomic E-state index is 13.7. The fraction of sp³-hybridized carbons (Fsp3) is 0.600. The van der Waals surface area contributed by atoms with Crippen LogP contribution < -0.4 is 0 Å². The van der Waals surface area contributed by atoms with Crippen LogP contribution in [0.2, 0.25) is 5.02 Å². The van der Waals surface area contributed by atoms with Crippen molar-refractivity contribution in [3.05, 3.63) is 34.6 Å². The summed E-state index contributed by atoms with van der Waals surface area (Å²) in [6, 6.07) is 4.67. The van der Waals surface area contributed by atoms with Crippen molar-refractivity contribution in [3.63, 3.8) is 0 Å². The number of hydrogen-bond donors (Lipinski definition) is 1. The third-order valence-electron chi connectivity index (χ3n) is 4.07. The smallest absolute Gasteiger partial charge is 0.127 e. The summed E-state index contributed by atoms with van der Waals surface area (Å²) in [5, 5.41) is 10.9. The number of hydrogen-bond acceptors (Lipinski definition) is 1. The predicted octanol–water partition coefficient (Wildman–Crippen LogP) is 4.35. The third-order valence-corrected chi connectivity index (χ3v) is 4.30. The molecule has 0 aliphatic heterocycles. The second-order valence-electron chi connectivity index (χ2n) is 6.30. The Labute approximate surface area is 113 Å². The Morgan fingerprint density at radius 3 is 2.39 bits per heavy atom. The van der Waals surface area contributed by atoms with Crippen LogP contribution in [-0.4, -0.2) is 10.7 Å². The van der Waals surface area contributed by atoms with E-state index in [1.165, 1.54) is 6.07 Å². The summed E-state index contributed by atoms with van der Waals surface area (Å²) in [5.74, 6) is -0.319. The molecule has 1 saturated carbocycles. The van der Waals surface area contributed by atoms with Gasteiger partial charge in [-0.1, -0.05) is 31.5 Å². The molecule has 1 nitrogen and oxygen atoms in total. The maximum atomic E-state index is 13.7. The van der Waals surface area contributed by atoms with Crippen LogP contribution in [0, 0.1) is 11.2 Å². The molecule has 1 aromatic carbocycles. The largest absolute Gasteiger partial charge is 0.390 e. The fourth-order valence-electron chi connectivity index (χ4n) is 2.59. The van der Waals surface area contributed by atoms with Gasteiger partial charge in [-0.3, -0.25) is 0 Å². The zero-order chi connectivity index (χ0) is 13.4. The first-order chi connectivity index (χ1) is 8.30. The molecular formula is C15H20ClFO. The minimum Gasteiger partial charge on any atom is -0.390 e. The lowest BCUT2D eigenvalue weighted by atomic mass is 9.69. The summed E-state index contributed by atoms with van der Waals surface area (Å²) in [7, 11) is 0. The van der Waals surface area contributed by atoms with Crippen LogP contribution in [-0.2, 0) is 6.42 Å². The van der Waals surface area contributed by atoms with Crippen LogP contribution in [0.5, 0.6) is 0 Å². The van der Waals surface area contributed by atoms with Gasteiger partial charge in [0.15, 0.2) is 0 Å². The minimum absolute atomic E-state index is 0.296. The van der Waals surface area contributed by atoms with E-state index in [4.69, 9.17) is 11.6 Å². The van der Waals surface area contributed by atoms with Crippen molar-refractivity contribution < 1.29 is 9.50 Å². The standard InChI is InChI=1S/C15H20ClFO/c1-14(2)5-7-15(18,8-6-14)10-11-3-4-12(16)9-13(11)17/h3-4,9,18H,5-8,10H2,1-2H3. The second kappa shape index (κ2) is 4.82. The monoisotopic (exact) mass is 270 g/mol. The van der Waals surface area contributed by atoms with E-state index >= 15 is 0 Å². The molecule has 1 aliphatic carbocycles. The van der Waals surface area contributed by atoms with Gasteiger partial charge in [-0.2, -0.15) is 0 Å². The fourth-order valence-corrected chi connectivity index (χ4v) is 2.75. The van der Waals surface area contributed by atoms with Crippen molar-refractivity contribution >= 4 is 11.6 Å². The molecular weight excluding hydrogens is 251 g/mol. The normalized spacial score (nSPS) is 21.8. The predicted molar refractivity (Wildman–Crippen MR) is 72.3 cm³/mol. The lowest BCUT2D eigenvalue weighted by molar-refractivity contribution is -0.0256. The SMILES string of the molecule is CC1(C)CCC(O)(Cc2ccc(Cl)cc2F)CC1. The summed E-state index contributed by atoms with van der Waals surface area (Å²) in [6.07, 6.45) is 3.83. The van der Waals surface area contributed by atoms with E-state index in [9.17, 15) is 9.50 Å². The second-order valence-corrected chi connectivity index (χ2v) is 6.74. The maximum Gasteiger partial charge on any atom is 0.127 e. The van der Waals surface area contributed by atoms with Crippen molar-refractivity contribution in [1.29, 1.82) is 0 Å². The Kier molecular flexibility index (Phi) is 3.70. The molecule has 0 bridgehead atoms. The van der Waals surface area contributed by atoms with Crippen molar-refractivity contribution in [2.45, 2.75) is 51.6 Å². The average Bonchev–Trinajstić information content (AvgIpc) is 2.28. The number of benzene rings is 1. The molecule has 1 aliphatic rings. The van der Waals surface area contributed by atoms with Crippen LogP contribution in [0.1, 0.15) is 45.1 Å². The number of halogens is 2. The van der Waals surface area contributed by atoms with Crippen LogP contribution in [0.4, 0.5) is 4.39 Å². The molecule has 2 rings (SSSR count). The molecule has 1 aromatic rings. The molecule has 100 valence electrons. The first-order valence-electron chi connectivity index (χ1n) is 6.46. The van der Waals surface area contributed by atoms with Crippen molar-refractivity contribution in [3.8, 4) is 0 Å². The Bertz CT molecular complexity index is 432. The zero-order valence-corrected chi connectivity index (χ0v) is 11.7. The van der Waals surface area contributed by atoms with Crippen LogP contribution >= 0.6 is 11.6 Å². The van der Waals surface area contributed by atoms with E-state index in [0.717, 1.165) is 25.7 Å². The van der Waals surface area contributed by atoms with Gasteiger partial charge in [0.25, 0.3) is 0 Å². The van der Waals surface area contributed by atoms with E-state index < -0.39 is 5.60 Å². The topological polar surface area (TPSA) is 20.2 Å². The molecule has 0 atom stereocenters. The quantitative estimate of drug-likeness (QED) is 0.847.